The standard InChI is InChI=1S/C23H32N2O5/c1-3-4-15-25(17-21(27)18-28-22-8-6-5-7-9-22)16-14-20-10-12-23(13-11-20)29-30-24-19(2)26/h5-13,21,27H,3-4,14-18H2,1-2H3,(H,24,26). The van der Waals surface area contributed by atoms with Crippen LogP contribution in [0.3, 0.4) is 0 Å². The Morgan fingerprint density at radius 3 is 2.47 bits per heavy atom. The van der Waals surface area contributed by atoms with Gasteiger partial charge in [-0.05, 0) is 49.2 Å². The van der Waals surface area contributed by atoms with Gasteiger partial charge in [-0.2, -0.15) is 5.48 Å². The van der Waals surface area contributed by atoms with Crippen LogP contribution in [0.4, 0.5) is 0 Å². The van der Waals surface area contributed by atoms with Gasteiger partial charge in [-0.25, -0.2) is 0 Å². The average molecular weight is 417 g/mol. The van der Waals surface area contributed by atoms with Gasteiger partial charge in [0.05, 0.1) is 0 Å². The molecule has 2 aromatic rings. The monoisotopic (exact) mass is 416 g/mol. The molecule has 0 radical (unpaired) electrons. The fraction of sp³-hybridized carbons (Fsp3) is 0.435. The van der Waals surface area contributed by atoms with Crippen molar-refractivity contribution in [3.63, 3.8) is 0 Å². The third-order valence-corrected chi connectivity index (χ3v) is 4.45. The summed E-state index contributed by atoms with van der Waals surface area (Å²) in [7, 11) is 0. The lowest BCUT2D eigenvalue weighted by molar-refractivity contribution is -0.252. The molecule has 2 rings (SSSR count). The molecule has 0 spiro atoms. The van der Waals surface area contributed by atoms with E-state index < -0.39 is 6.10 Å². The molecule has 1 atom stereocenters. The molecule has 30 heavy (non-hydrogen) atoms. The minimum atomic E-state index is -0.552. The normalized spacial score (nSPS) is 11.9. The molecular formula is C23H32N2O5. The molecule has 0 heterocycles. The third kappa shape index (κ3) is 9.73. The van der Waals surface area contributed by atoms with Crippen LogP contribution < -0.4 is 15.1 Å². The summed E-state index contributed by atoms with van der Waals surface area (Å²) >= 11 is 0. The summed E-state index contributed by atoms with van der Waals surface area (Å²) in [6, 6.07) is 17.0. The number of aliphatic hydroxyl groups is 1. The van der Waals surface area contributed by atoms with E-state index in [0.717, 1.165) is 43.7 Å². The number of carbonyl (C=O) groups excluding carboxylic acids is 1. The minimum Gasteiger partial charge on any atom is -0.491 e. The lowest BCUT2D eigenvalue weighted by Gasteiger charge is -2.25. The number of benzene rings is 2. The first-order valence-electron chi connectivity index (χ1n) is 10.3. The highest BCUT2D eigenvalue weighted by Gasteiger charge is 2.13. The van der Waals surface area contributed by atoms with Crippen molar-refractivity contribution in [3.8, 4) is 11.5 Å². The number of hydrogen-bond acceptors (Lipinski definition) is 6. The van der Waals surface area contributed by atoms with E-state index in [1.54, 1.807) is 12.1 Å². The Balaban J connectivity index is 1.78. The highest BCUT2D eigenvalue weighted by molar-refractivity contribution is 5.71. The Labute approximate surface area is 178 Å². The van der Waals surface area contributed by atoms with Gasteiger partial charge >= 0.3 is 0 Å². The molecule has 7 nitrogen and oxygen atoms in total. The van der Waals surface area contributed by atoms with Crippen molar-refractivity contribution in [2.45, 2.75) is 39.2 Å². The molecule has 2 N–H and O–H groups in total. The van der Waals surface area contributed by atoms with Gasteiger partial charge in [0, 0.05) is 20.0 Å². The molecule has 0 aliphatic rings. The summed E-state index contributed by atoms with van der Waals surface area (Å²) < 4.78 is 5.67. The molecule has 7 heteroatoms. The van der Waals surface area contributed by atoms with E-state index in [0.29, 0.717) is 12.3 Å². The number of aliphatic hydroxyl groups excluding tert-OH is 1. The van der Waals surface area contributed by atoms with E-state index in [2.05, 4.69) is 22.3 Å². The number of rotatable bonds is 14. The van der Waals surface area contributed by atoms with E-state index in [1.165, 1.54) is 6.92 Å². The van der Waals surface area contributed by atoms with Crippen LogP contribution >= 0.6 is 0 Å². The van der Waals surface area contributed by atoms with Crippen LogP contribution in [0.2, 0.25) is 0 Å². The van der Waals surface area contributed by atoms with Gasteiger partial charge < -0.3 is 19.6 Å². The first-order chi connectivity index (χ1) is 14.6. The number of amides is 1. The highest BCUT2D eigenvalue weighted by atomic mass is 17.3. The maximum Gasteiger partial charge on any atom is 0.243 e. The molecule has 0 aromatic heterocycles. The van der Waals surface area contributed by atoms with E-state index in [1.807, 2.05) is 42.5 Å². The van der Waals surface area contributed by atoms with Crippen LogP contribution in [0.5, 0.6) is 11.5 Å². The van der Waals surface area contributed by atoms with Crippen LogP contribution in [0.25, 0.3) is 0 Å². The number of unbranched alkanes of at least 4 members (excludes halogenated alkanes) is 1. The van der Waals surface area contributed by atoms with E-state index in [-0.39, 0.29) is 12.5 Å². The molecule has 164 valence electrons. The van der Waals surface area contributed by atoms with Gasteiger partial charge in [-0.3, -0.25) is 4.79 Å². The topological polar surface area (TPSA) is 80.3 Å². The lowest BCUT2D eigenvalue weighted by Crippen LogP contribution is -2.37. The Hall–Kier alpha value is -2.61. The summed E-state index contributed by atoms with van der Waals surface area (Å²) in [6.07, 6.45) is 2.49. The summed E-state index contributed by atoms with van der Waals surface area (Å²) in [5, 5.41) is 10.4. The lowest BCUT2D eigenvalue weighted by atomic mass is 10.1. The summed E-state index contributed by atoms with van der Waals surface area (Å²) in [4.78, 5) is 22.6. The van der Waals surface area contributed by atoms with Gasteiger partial charge in [0.15, 0.2) is 5.75 Å². The fourth-order valence-electron chi connectivity index (χ4n) is 2.86. The number of para-hydroxylation sites is 1. The molecule has 1 unspecified atom stereocenters. The second-order valence-electron chi connectivity index (χ2n) is 7.15. The van der Waals surface area contributed by atoms with Crippen LogP contribution in [0.1, 0.15) is 32.3 Å². The number of nitrogens with zero attached hydrogens (tertiary/aromatic N) is 1. The maximum atomic E-state index is 10.8. The molecule has 2 aromatic carbocycles. The third-order valence-electron chi connectivity index (χ3n) is 4.45. The fourth-order valence-corrected chi connectivity index (χ4v) is 2.86. The maximum absolute atomic E-state index is 10.8. The predicted molar refractivity (Wildman–Crippen MR) is 115 cm³/mol. The van der Waals surface area contributed by atoms with Crippen LogP contribution in [0.15, 0.2) is 54.6 Å². The van der Waals surface area contributed by atoms with Crippen LogP contribution in [-0.4, -0.2) is 48.3 Å². The van der Waals surface area contributed by atoms with Gasteiger partial charge in [-0.1, -0.05) is 48.7 Å². The molecule has 0 aliphatic carbocycles. The molecule has 0 fully saturated rings. The number of hydrogen-bond donors (Lipinski definition) is 2. The highest BCUT2D eigenvalue weighted by Crippen LogP contribution is 2.13. The predicted octanol–water partition coefficient (Wildman–Crippen LogP) is 3.13. The largest absolute Gasteiger partial charge is 0.491 e. The first-order valence-corrected chi connectivity index (χ1v) is 10.3. The molecule has 1 amide bonds. The summed E-state index contributed by atoms with van der Waals surface area (Å²) in [5.41, 5.74) is 3.26. The number of carbonyl (C=O) groups is 1. The number of ether oxygens (including phenoxy) is 1. The number of nitrogens with one attached hydrogen (secondary N) is 1. The van der Waals surface area contributed by atoms with Gasteiger partial charge in [-0.15, -0.1) is 0 Å². The molecule has 0 saturated carbocycles. The average Bonchev–Trinajstić information content (AvgIpc) is 2.75. The molecule has 0 aliphatic heterocycles. The van der Waals surface area contributed by atoms with E-state index in [4.69, 9.17) is 9.62 Å². The minimum absolute atomic E-state index is 0.271. The van der Waals surface area contributed by atoms with Gasteiger partial charge in [0.25, 0.3) is 0 Å². The van der Waals surface area contributed by atoms with Crippen molar-refractivity contribution in [1.29, 1.82) is 0 Å². The Morgan fingerprint density at radius 1 is 1.07 bits per heavy atom. The van der Waals surface area contributed by atoms with E-state index in [9.17, 15) is 9.90 Å². The smallest absolute Gasteiger partial charge is 0.243 e. The zero-order valence-corrected chi connectivity index (χ0v) is 17.8. The molecule has 0 bridgehead atoms. The summed E-state index contributed by atoms with van der Waals surface area (Å²) in [5.74, 6) is 0.931. The Morgan fingerprint density at radius 2 is 1.80 bits per heavy atom. The SMILES string of the molecule is CCCCN(CCc1ccc(OONC(C)=O)cc1)CC(O)COc1ccccc1. The van der Waals surface area contributed by atoms with Crippen molar-refractivity contribution in [2.24, 2.45) is 0 Å². The van der Waals surface area contributed by atoms with Crippen molar-refractivity contribution in [2.75, 3.05) is 26.2 Å². The first kappa shape index (κ1) is 23.7. The summed E-state index contributed by atoms with van der Waals surface area (Å²) in [6.45, 7) is 6.11. The second-order valence-corrected chi connectivity index (χ2v) is 7.15. The zero-order valence-electron chi connectivity index (χ0n) is 17.8. The van der Waals surface area contributed by atoms with Crippen LogP contribution in [-0.2, 0) is 16.2 Å². The van der Waals surface area contributed by atoms with Crippen molar-refractivity contribution >= 4 is 5.91 Å². The molecule has 0 saturated heterocycles. The van der Waals surface area contributed by atoms with E-state index >= 15 is 0 Å². The van der Waals surface area contributed by atoms with Gasteiger partial charge in [0.2, 0.25) is 5.91 Å². The second kappa shape index (κ2) is 13.6. The Bertz CT molecular complexity index is 724. The molecular weight excluding hydrogens is 384 g/mol. The van der Waals surface area contributed by atoms with Crippen molar-refractivity contribution in [3.05, 3.63) is 60.2 Å². The van der Waals surface area contributed by atoms with Crippen molar-refractivity contribution in [1.82, 2.24) is 10.4 Å². The quantitative estimate of drug-likeness (QED) is 0.364. The number of hydroxylamine groups is 1. The van der Waals surface area contributed by atoms with Crippen LogP contribution in [0, 0.1) is 0 Å². The Kier molecular flexibility index (Phi) is 10.7. The van der Waals surface area contributed by atoms with Crippen molar-refractivity contribution < 1.29 is 24.5 Å². The van der Waals surface area contributed by atoms with Gasteiger partial charge in [0.1, 0.15) is 18.5 Å². The zero-order chi connectivity index (χ0) is 21.6.